The molecule has 1 aromatic carbocycles. The van der Waals surface area contributed by atoms with E-state index in [2.05, 4.69) is 5.32 Å². The third-order valence-corrected chi connectivity index (χ3v) is 3.69. The summed E-state index contributed by atoms with van der Waals surface area (Å²) >= 11 is 0. The Bertz CT molecular complexity index is 446. The van der Waals surface area contributed by atoms with E-state index < -0.39 is 0 Å². The molecule has 1 aromatic rings. The molecule has 0 radical (unpaired) electrons. The summed E-state index contributed by atoms with van der Waals surface area (Å²) in [6, 6.07) is 6.55. The Labute approximate surface area is 127 Å². The number of halogens is 1. The average molecular weight is 294 g/mol. The largest absolute Gasteiger partial charge is 0.355 e. The van der Waals surface area contributed by atoms with Crippen LogP contribution in [0.15, 0.2) is 24.3 Å². The molecule has 0 unspecified atom stereocenters. The Morgan fingerprint density at radius 1 is 1.24 bits per heavy atom. The molecule has 118 valence electrons. The third-order valence-electron chi connectivity index (χ3n) is 3.69. The number of nitrogens with two attached hydrogens (primary N) is 1. The molecule has 0 fully saturated rings. The summed E-state index contributed by atoms with van der Waals surface area (Å²) in [4.78, 5) is 11.8. The van der Waals surface area contributed by atoms with Crippen molar-refractivity contribution in [2.45, 2.75) is 51.4 Å². The van der Waals surface area contributed by atoms with Gasteiger partial charge in [-0.1, -0.05) is 38.8 Å². The number of rotatable bonds is 9. The second-order valence-corrected chi connectivity index (χ2v) is 6.12. The van der Waals surface area contributed by atoms with Crippen LogP contribution in [0.5, 0.6) is 0 Å². The van der Waals surface area contributed by atoms with Crippen molar-refractivity contribution in [1.29, 1.82) is 0 Å². The molecule has 0 saturated carbocycles. The van der Waals surface area contributed by atoms with Crippen molar-refractivity contribution in [3.63, 3.8) is 0 Å². The summed E-state index contributed by atoms with van der Waals surface area (Å²) < 4.78 is 13.3. The monoisotopic (exact) mass is 294 g/mol. The molecule has 0 aliphatic heterocycles. The van der Waals surface area contributed by atoms with E-state index in [0.717, 1.165) is 31.2 Å². The molecule has 0 aliphatic rings. The molecule has 0 aromatic heterocycles. The molecular weight excluding hydrogens is 267 g/mol. The normalized spacial score (nSPS) is 11.4. The molecule has 0 aliphatic carbocycles. The predicted molar refractivity (Wildman–Crippen MR) is 84.6 cm³/mol. The van der Waals surface area contributed by atoms with E-state index in [1.807, 2.05) is 19.9 Å². The number of nitrogens with one attached hydrogen (secondary N) is 1. The van der Waals surface area contributed by atoms with Crippen molar-refractivity contribution >= 4 is 5.91 Å². The van der Waals surface area contributed by atoms with Gasteiger partial charge in [-0.2, -0.15) is 0 Å². The Morgan fingerprint density at radius 3 is 2.62 bits per heavy atom. The first-order valence-corrected chi connectivity index (χ1v) is 7.68. The molecule has 3 N–H and O–H groups in total. The topological polar surface area (TPSA) is 55.1 Å². The summed E-state index contributed by atoms with van der Waals surface area (Å²) in [5, 5.41) is 2.95. The minimum atomic E-state index is -0.280. The van der Waals surface area contributed by atoms with Crippen molar-refractivity contribution in [3.05, 3.63) is 35.6 Å². The first-order valence-electron chi connectivity index (χ1n) is 7.68. The third kappa shape index (κ3) is 6.71. The lowest BCUT2D eigenvalue weighted by molar-refractivity contribution is -0.121. The van der Waals surface area contributed by atoms with Crippen LogP contribution in [0.1, 0.15) is 51.5 Å². The summed E-state index contributed by atoms with van der Waals surface area (Å²) in [5.41, 5.74) is 6.04. The molecule has 0 bridgehead atoms. The Hall–Kier alpha value is -1.42. The maximum atomic E-state index is 13.3. The molecule has 1 rings (SSSR count). The van der Waals surface area contributed by atoms with Gasteiger partial charge in [-0.05, 0) is 37.1 Å². The number of hydrogen-bond donors (Lipinski definition) is 2. The van der Waals surface area contributed by atoms with Crippen LogP contribution in [0.2, 0.25) is 0 Å². The highest BCUT2D eigenvalue weighted by Crippen LogP contribution is 2.22. The summed E-state index contributed by atoms with van der Waals surface area (Å²) in [6.07, 6.45) is 4.58. The van der Waals surface area contributed by atoms with Gasteiger partial charge in [0.1, 0.15) is 5.82 Å². The Morgan fingerprint density at radius 2 is 1.95 bits per heavy atom. The van der Waals surface area contributed by atoms with Gasteiger partial charge in [-0.3, -0.25) is 4.79 Å². The quantitative estimate of drug-likeness (QED) is 0.688. The minimum absolute atomic E-state index is 0.0622. The number of carbonyl (C=O) groups is 1. The van der Waals surface area contributed by atoms with E-state index in [9.17, 15) is 9.18 Å². The maximum absolute atomic E-state index is 13.3. The van der Waals surface area contributed by atoms with Gasteiger partial charge in [0.25, 0.3) is 0 Å². The number of unbranched alkanes of at least 4 members (excludes halogenated alkanes) is 3. The van der Waals surface area contributed by atoms with Gasteiger partial charge < -0.3 is 11.1 Å². The highest BCUT2D eigenvalue weighted by molar-refractivity contribution is 5.75. The highest BCUT2D eigenvalue weighted by Gasteiger charge is 2.21. The smallest absolute Gasteiger partial charge is 0.220 e. The summed E-state index contributed by atoms with van der Waals surface area (Å²) in [5.74, 6) is -0.181. The molecular formula is C17H27FN2O. The van der Waals surface area contributed by atoms with Crippen LogP contribution in [0, 0.1) is 5.82 Å². The molecule has 0 heterocycles. The van der Waals surface area contributed by atoms with Crippen LogP contribution in [0.4, 0.5) is 4.39 Å². The Balaban J connectivity index is 2.34. The molecule has 21 heavy (non-hydrogen) atoms. The number of carbonyl (C=O) groups excluding carboxylic acids is 1. The van der Waals surface area contributed by atoms with Crippen LogP contribution >= 0.6 is 0 Å². The molecule has 0 spiro atoms. The summed E-state index contributed by atoms with van der Waals surface area (Å²) in [7, 11) is 0. The maximum Gasteiger partial charge on any atom is 0.220 e. The zero-order valence-electron chi connectivity index (χ0n) is 13.1. The fourth-order valence-electron chi connectivity index (χ4n) is 2.20. The fraction of sp³-hybridized carbons (Fsp3) is 0.588. The van der Waals surface area contributed by atoms with Gasteiger partial charge in [0.15, 0.2) is 0 Å². The van der Waals surface area contributed by atoms with E-state index >= 15 is 0 Å². The molecule has 1 amide bonds. The minimum Gasteiger partial charge on any atom is -0.355 e. The van der Waals surface area contributed by atoms with Gasteiger partial charge >= 0.3 is 0 Å². The molecule has 4 heteroatoms. The zero-order chi connectivity index (χ0) is 15.7. The van der Waals surface area contributed by atoms with Gasteiger partial charge in [0.2, 0.25) is 5.91 Å². The SMILES string of the molecule is CC(C)(CNC(=O)CCCCCCN)c1cccc(F)c1. The van der Waals surface area contributed by atoms with Gasteiger partial charge in [-0.15, -0.1) is 0 Å². The Kier molecular flexibility index (Phi) is 7.37. The lowest BCUT2D eigenvalue weighted by atomic mass is 9.84. The predicted octanol–water partition coefficient (Wildman–Crippen LogP) is 3.13. The first-order chi connectivity index (χ1) is 9.95. The molecule has 3 nitrogen and oxygen atoms in total. The van der Waals surface area contributed by atoms with E-state index in [0.29, 0.717) is 19.5 Å². The van der Waals surface area contributed by atoms with Crippen molar-refractivity contribution < 1.29 is 9.18 Å². The van der Waals surface area contributed by atoms with Crippen LogP contribution in [0.25, 0.3) is 0 Å². The van der Waals surface area contributed by atoms with Crippen molar-refractivity contribution in [3.8, 4) is 0 Å². The van der Waals surface area contributed by atoms with E-state index in [1.165, 1.54) is 12.1 Å². The second kappa shape index (κ2) is 8.78. The first kappa shape index (κ1) is 17.6. The molecule has 0 saturated heterocycles. The van der Waals surface area contributed by atoms with Crippen LogP contribution in [-0.2, 0) is 10.2 Å². The van der Waals surface area contributed by atoms with Gasteiger partial charge in [0.05, 0.1) is 0 Å². The van der Waals surface area contributed by atoms with Crippen LogP contribution in [0.3, 0.4) is 0 Å². The number of hydrogen-bond acceptors (Lipinski definition) is 2. The standard InChI is InChI=1S/C17H27FN2O/c1-17(2,14-8-7-9-15(18)12-14)13-20-16(21)10-5-3-4-6-11-19/h7-9,12H,3-6,10-11,13,19H2,1-2H3,(H,20,21). The zero-order valence-corrected chi connectivity index (χ0v) is 13.1. The van der Waals surface area contributed by atoms with Crippen molar-refractivity contribution in [1.82, 2.24) is 5.32 Å². The lowest BCUT2D eigenvalue weighted by Gasteiger charge is -2.25. The van der Waals surface area contributed by atoms with Crippen molar-refractivity contribution in [2.75, 3.05) is 13.1 Å². The number of amides is 1. The number of benzene rings is 1. The van der Waals surface area contributed by atoms with E-state index in [1.54, 1.807) is 6.07 Å². The fourth-order valence-corrected chi connectivity index (χ4v) is 2.20. The van der Waals surface area contributed by atoms with Crippen LogP contribution in [-0.4, -0.2) is 19.0 Å². The van der Waals surface area contributed by atoms with Crippen molar-refractivity contribution in [2.24, 2.45) is 5.73 Å². The van der Waals surface area contributed by atoms with Gasteiger partial charge in [0, 0.05) is 18.4 Å². The summed E-state index contributed by atoms with van der Waals surface area (Å²) in [6.45, 7) is 5.23. The second-order valence-electron chi connectivity index (χ2n) is 6.12. The van der Waals surface area contributed by atoms with Crippen LogP contribution < -0.4 is 11.1 Å². The lowest BCUT2D eigenvalue weighted by Crippen LogP contribution is -2.36. The van der Waals surface area contributed by atoms with E-state index in [4.69, 9.17) is 5.73 Å². The van der Waals surface area contributed by atoms with E-state index in [-0.39, 0.29) is 17.1 Å². The average Bonchev–Trinajstić information content (AvgIpc) is 2.45. The van der Waals surface area contributed by atoms with Gasteiger partial charge in [-0.25, -0.2) is 4.39 Å². The molecule has 0 atom stereocenters. The highest BCUT2D eigenvalue weighted by atomic mass is 19.1.